The van der Waals surface area contributed by atoms with Gasteiger partial charge >= 0.3 is 0 Å². The fourth-order valence-electron chi connectivity index (χ4n) is 3.28. The molecule has 2 fully saturated rings. The molecule has 3 rings (SSSR count). The van der Waals surface area contributed by atoms with Gasteiger partial charge in [0.15, 0.2) is 0 Å². The van der Waals surface area contributed by atoms with Crippen LogP contribution < -0.4 is 5.32 Å². The summed E-state index contributed by atoms with van der Waals surface area (Å²) in [5.74, 6) is 2.58. The van der Waals surface area contributed by atoms with E-state index in [0.29, 0.717) is 0 Å². The highest BCUT2D eigenvalue weighted by Gasteiger charge is 2.32. The van der Waals surface area contributed by atoms with Gasteiger partial charge in [-0.25, -0.2) is 0 Å². The van der Waals surface area contributed by atoms with E-state index in [-0.39, 0.29) is 24.8 Å². The monoisotopic (exact) mass is 274 g/mol. The van der Waals surface area contributed by atoms with Crippen LogP contribution in [0.15, 0.2) is 24.5 Å². The van der Waals surface area contributed by atoms with Gasteiger partial charge in [-0.2, -0.15) is 0 Å². The molecule has 0 aromatic carbocycles. The summed E-state index contributed by atoms with van der Waals surface area (Å²) in [5.41, 5.74) is 1.45. The molecule has 2 bridgehead atoms. The molecular weight excluding hydrogens is 255 g/mol. The largest absolute Gasteiger partial charge is 0.316 e. The van der Waals surface area contributed by atoms with E-state index < -0.39 is 0 Å². The van der Waals surface area contributed by atoms with Crippen LogP contribution >= 0.6 is 24.8 Å². The van der Waals surface area contributed by atoms with Crippen LogP contribution in [-0.2, 0) is 0 Å². The molecule has 1 aromatic heterocycles. The maximum Gasteiger partial charge on any atom is 0.0302 e. The molecule has 2 unspecified atom stereocenters. The summed E-state index contributed by atoms with van der Waals surface area (Å²) in [5, 5.41) is 3.54. The Labute approximate surface area is 115 Å². The number of nitrogens with one attached hydrogen (secondary N) is 1. The second-order valence-corrected chi connectivity index (χ2v) is 5.08. The summed E-state index contributed by atoms with van der Waals surface area (Å²) in [7, 11) is 0. The van der Waals surface area contributed by atoms with Crippen molar-refractivity contribution in [3.63, 3.8) is 0 Å². The molecule has 1 saturated heterocycles. The van der Waals surface area contributed by atoms with Gasteiger partial charge in [-0.1, -0.05) is 6.07 Å². The van der Waals surface area contributed by atoms with Crippen molar-refractivity contribution in [1.29, 1.82) is 0 Å². The molecule has 4 heteroatoms. The average Bonchev–Trinajstić information content (AvgIpc) is 2.30. The topological polar surface area (TPSA) is 24.9 Å². The predicted octanol–water partition coefficient (Wildman–Crippen LogP) is 3.03. The molecular formula is C13H20Cl2N2. The van der Waals surface area contributed by atoms with E-state index in [2.05, 4.69) is 28.6 Å². The highest BCUT2D eigenvalue weighted by Crippen LogP contribution is 2.40. The molecule has 0 spiro atoms. The zero-order valence-corrected chi connectivity index (χ0v) is 11.5. The molecule has 1 aliphatic heterocycles. The number of aromatic nitrogens is 1. The van der Waals surface area contributed by atoms with Crippen molar-refractivity contribution < 1.29 is 0 Å². The highest BCUT2D eigenvalue weighted by molar-refractivity contribution is 5.85. The Morgan fingerprint density at radius 3 is 2.35 bits per heavy atom. The fourth-order valence-corrected chi connectivity index (χ4v) is 3.28. The van der Waals surface area contributed by atoms with Gasteiger partial charge < -0.3 is 5.32 Å². The molecule has 96 valence electrons. The summed E-state index contributed by atoms with van der Waals surface area (Å²) in [6.45, 7) is 2.46. The molecule has 2 nitrogen and oxygen atoms in total. The van der Waals surface area contributed by atoms with Crippen LogP contribution in [0.2, 0.25) is 0 Å². The Kier molecular flexibility index (Phi) is 5.71. The van der Waals surface area contributed by atoms with E-state index in [4.69, 9.17) is 0 Å². The van der Waals surface area contributed by atoms with Crippen molar-refractivity contribution in [1.82, 2.24) is 10.3 Å². The van der Waals surface area contributed by atoms with Crippen LogP contribution in [-0.4, -0.2) is 18.1 Å². The first kappa shape index (κ1) is 14.7. The van der Waals surface area contributed by atoms with Crippen molar-refractivity contribution in [2.45, 2.75) is 25.2 Å². The minimum atomic E-state index is 0. The van der Waals surface area contributed by atoms with E-state index in [1.54, 1.807) is 0 Å². The lowest BCUT2D eigenvalue weighted by atomic mass is 9.71. The molecule has 2 heterocycles. The van der Waals surface area contributed by atoms with Crippen molar-refractivity contribution >= 4 is 24.8 Å². The summed E-state index contributed by atoms with van der Waals surface area (Å²) >= 11 is 0. The molecule has 0 radical (unpaired) electrons. The molecule has 1 N–H and O–H groups in total. The standard InChI is InChI=1S/C13H18N2.2ClH/c1-2-12(9-14-3-1)13-5-10-4-11(6-13)8-15-7-10;;/h1-3,9-11,13,15H,4-8H2;2*1H. The maximum atomic E-state index is 4.24. The molecule has 1 aromatic rings. The first-order chi connectivity index (χ1) is 7.42. The number of piperidine rings is 1. The Morgan fingerprint density at radius 2 is 1.76 bits per heavy atom. The Hall–Kier alpha value is -0.310. The van der Waals surface area contributed by atoms with Crippen LogP contribution in [0.25, 0.3) is 0 Å². The minimum Gasteiger partial charge on any atom is -0.316 e. The first-order valence-electron chi connectivity index (χ1n) is 6.02. The van der Waals surface area contributed by atoms with Gasteiger partial charge in [-0.05, 0) is 61.7 Å². The van der Waals surface area contributed by atoms with E-state index in [0.717, 1.165) is 17.8 Å². The first-order valence-corrected chi connectivity index (χ1v) is 6.02. The smallest absolute Gasteiger partial charge is 0.0302 e. The van der Waals surface area contributed by atoms with Crippen molar-refractivity contribution in [3.8, 4) is 0 Å². The average molecular weight is 275 g/mol. The van der Waals surface area contributed by atoms with E-state index >= 15 is 0 Å². The Morgan fingerprint density at radius 1 is 1.06 bits per heavy atom. The van der Waals surface area contributed by atoms with Crippen LogP contribution in [0.3, 0.4) is 0 Å². The Balaban J connectivity index is 0.000000722. The maximum absolute atomic E-state index is 4.24. The van der Waals surface area contributed by atoms with Gasteiger partial charge in [-0.3, -0.25) is 4.98 Å². The van der Waals surface area contributed by atoms with E-state index in [1.807, 2.05) is 6.20 Å². The Bertz CT molecular complexity index is 319. The molecule has 1 saturated carbocycles. The van der Waals surface area contributed by atoms with Crippen LogP contribution in [0.4, 0.5) is 0 Å². The molecule has 0 amide bonds. The van der Waals surface area contributed by atoms with Gasteiger partial charge in [0.2, 0.25) is 0 Å². The second kappa shape index (κ2) is 6.58. The zero-order chi connectivity index (χ0) is 10.1. The van der Waals surface area contributed by atoms with Crippen LogP contribution in [0.1, 0.15) is 30.7 Å². The number of pyridine rings is 1. The second-order valence-electron chi connectivity index (χ2n) is 5.08. The fraction of sp³-hybridized carbons (Fsp3) is 0.615. The SMILES string of the molecule is Cl.Cl.c1cncc(C2CC3CNCC(C3)C2)c1. The molecule has 17 heavy (non-hydrogen) atoms. The van der Waals surface area contributed by atoms with Gasteiger partial charge in [0.1, 0.15) is 0 Å². The summed E-state index contributed by atoms with van der Waals surface area (Å²) in [6.07, 6.45) is 8.09. The van der Waals surface area contributed by atoms with E-state index in [1.165, 1.54) is 37.9 Å². The third-order valence-corrected chi connectivity index (χ3v) is 3.92. The third-order valence-electron chi connectivity index (χ3n) is 3.92. The van der Waals surface area contributed by atoms with E-state index in [9.17, 15) is 0 Å². The summed E-state index contributed by atoms with van der Waals surface area (Å²) < 4.78 is 0. The number of hydrogen-bond donors (Lipinski definition) is 1. The molecule has 1 aliphatic carbocycles. The number of fused-ring (bicyclic) bond motifs is 2. The van der Waals surface area contributed by atoms with Gasteiger partial charge in [0.05, 0.1) is 0 Å². The lowest BCUT2D eigenvalue weighted by molar-refractivity contribution is 0.186. The van der Waals surface area contributed by atoms with Crippen LogP contribution in [0.5, 0.6) is 0 Å². The predicted molar refractivity (Wildman–Crippen MR) is 75.2 cm³/mol. The third kappa shape index (κ3) is 3.34. The zero-order valence-electron chi connectivity index (χ0n) is 9.84. The lowest BCUT2D eigenvalue weighted by Crippen LogP contribution is -2.40. The lowest BCUT2D eigenvalue weighted by Gasteiger charge is -2.39. The quantitative estimate of drug-likeness (QED) is 0.852. The number of rotatable bonds is 1. The molecule has 2 atom stereocenters. The van der Waals surface area contributed by atoms with Gasteiger partial charge in [0.25, 0.3) is 0 Å². The van der Waals surface area contributed by atoms with Crippen molar-refractivity contribution in [2.75, 3.05) is 13.1 Å². The normalized spacial score (nSPS) is 30.9. The van der Waals surface area contributed by atoms with Crippen molar-refractivity contribution in [2.24, 2.45) is 11.8 Å². The van der Waals surface area contributed by atoms with Crippen molar-refractivity contribution in [3.05, 3.63) is 30.1 Å². The number of nitrogens with zero attached hydrogens (tertiary/aromatic N) is 1. The van der Waals surface area contributed by atoms with Gasteiger partial charge in [-0.15, -0.1) is 24.8 Å². The highest BCUT2D eigenvalue weighted by atomic mass is 35.5. The minimum absolute atomic E-state index is 0. The number of halogens is 2. The summed E-state index contributed by atoms with van der Waals surface area (Å²) in [6, 6.07) is 4.31. The molecule has 2 aliphatic rings. The van der Waals surface area contributed by atoms with Crippen LogP contribution in [0, 0.1) is 11.8 Å². The summed E-state index contributed by atoms with van der Waals surface area (Å²) in [4.78, 5) is 4.24. The van der Waals surface area contributed by atoms with Gasteiger partial charge in [0, 0.05) is 12.4 Å². The number of hydrogen-bond acceptors (Lipinski definition) is 2.